The Bertz CT molecular complexity index is 920. The van der Waals surface area contributed by atoms with Gasteiger partial charge in [0, 0.05) is 27.7 Å². The van der Waals surface area contributed by atoms with Crippen LogP contribution in [0.3, 0.4) is 0 Å². The molecule has 1 spiro atoms. The van der Waals surface area contributed by atoms with Crippen LogP contribution in [0.5, 0.6) is 0 Å². The van der Waals surface area contributed by atoms with Crippen LogP contribution in [0.4, 0.5) is 4.79 Å². The highest BCUT2D eigenvalue weighted by molar-refractivity contribution is 5.92. The Morgan fingerprint density at radius 2 is 2.17 bits per heavy atom. The number of imidazole rings is 1. The van der Waals surface area contributed by atoms with Gasteiger partial charge in [-0.25, -0.2) is 14.5 Å². The van der Waals surface area contributed by atoms with E-state index in [1.54, 1.807) is 31.2 Å². The van der Waals surface area contributed by atoms with E-state index in [1.165, 1.54) is 4.90 Å². The smallest absolute Gasteiger partial charge is 0.317 e. The Morgan fingerprint density at radius 3 is 2.90 bits per heavy atom. The molecule has 0 radical (unpaired) electrons. The second-order valence-corrected chi connectivity index (χ2v) is 7.89. The van der Waals surface area contributed by atoms with Crippen LogP contribution in [0.1, 0.15) is 34.7 Å². The van der Waals surface area contributed by atoms with E-state index in [9.17, 15) is 9.59 Å². The summed E-state index contributed by atoms with van der Waals surface area (Å²) in [7, 11) is 5.19. The van der Waals surface area contributed by atoms with Gasteiger partial charge in [0.2, 0.25) is 0 Å². The number of aryl methyl sites for hydroxylation is 1. The van der Waals surface area contributed by atoms with Crippen molar-refractivity contribution in [2.75, 3.05) is 27.2 Å². The molecule has 2 aliphatic heterocycles. The lowest BCUT2D eigenvalue weighted by atomic mass is 9.91. The summed E-state index contributed by atoms with van der Waals surface area (Å²) in [5.74, 6) is -0.0378. The van der Waals surface area contributed by atoms with Gasteiger partial charge in [-0.2, -0.15) is 0 Å². The first kappa shape index (κ1) is 19.4. The van der Waals surface area contributed by atoms with Crippen LogP contribution in [-0.4, -0.2) is 79.1 Å². The van der Waals surface area contributed by atoms with Gasteiger partial charge in [-0.1, -0.05) is 5.21 Å². The molecule has 1 N–H and O–H groups in total. The summed E-state index contributed by atoms with van der Waals surface area (Å²) >= 11 is 0. The molecular formula is C18H26N8O3. The predicted octanol–water partition coefficient (Wildman–Crippen LogP) is -0.0120. The summed E-state index contributed by atoms with van der Waals surface area (Å²) < 4.78 is 9.85. The van der Waals surface area contributed by atoms with Gasteiger partial charge in [-0.3, -0.25) is 4.79 Å². The minimum atomic E-state index is -0.475. The van der Waals surface area contributed by atoms with Crippen LogP contribution in [0.15, 0.2) is 12.5 Å². The molecule has 156 valence electrons. The number of likely N-dealkylation sites (tertiary alicyclic amines) is 1. The van der Waals surface area contributed by atoms with Crippen molar-refractivity contribution in [2.45, 2.75) is 38.1 Å². The van der Waals surface area contributed by atoms with Crippen LogP contribution < -0.4 is 5.32 Å². The van der Waals surface area contributed by atoms with Gasteiger partial charge in [0.1, 0.15) is 17.0 Å². The van der Waals surface area contributed by atoms with Crippen molar-refractivity contribution >= 4 is 11.9 Å². The zero-order valence-corrected chi connectivity index (χ0v) is 17.0. The van der Waals surface area contributed by atoms with Crippen LogP contribution in [-0.2, 0) is 31.5 Å². The van der Waals surface area contributed by atoms with E-state index in [0.29, 0.717) is 44.2 Å². The molecule has 1 fully saturated rings. The molecule has 29 heavy (non-hydrogen) atoms. The number of carbonyl (C=O) groups is 2. The summed E-state index contributed by atoms with van der Waals surface area (Å²) in [4.78, 5) is 32.0. The lowest BCUT2D eigenvalue weighted by Crippen LogP contribution is -2.55. The minimum absolute atomic E-state index is 0.0378. The van der Waals surface area contributed by atoms with Crippen molar-refractivity contribution < 1.29 is 14.3 Å². The Balaban J connectivity index is 1.45. The molecule has 1 atom stereocenters. The number of nitrogens with zero attached hydrogens (tertiary/aromatic N) is 7. The summed E-state index contributed by atoms with van der Waals surface area (Å²) in [5, 5.41) is 11.3. The van der Waals surface area contributed by atoms with Crippen LogP contribution >= 0.6 is 0 Å². The SMILES string of the molecule is CN(C)C(=O)NCc1nnn2c1COC1(CCCN(C(=O)c3cncn3C)C1)C2. The first-order chi connectivity index (χ1) is 13.9. The summed E-state index contributed by atoms with van der Waals surface area (Å²) in [6.45, 7) is 2.39. The summed E-state index contributed by atoms with van der Waals surface area (Å²) in [6, 6.07) is -0.184. The molecule has 2 aromatic heterocycles. The Hall–Kier alpha value is -2.95. The highest BCUT2D eigenvalue weighted by atomic mass is 16.5. The number of urea groups is 1. The molecule has 2 aromatic rings. The van der Waals surface area contributed by atoms with Gasteiger partial charge in [0.15, 0.2) is 0 Å². The van der Waals surface area contributed by atoms with Crippen molar-refractivity contribution in [3.8, 4) is 0 Å². The van der Waals surface area contributed by atoms with Gasteiger partial charge < -0.3 is 24.4 Å². The molecule has 2 aliphatic rings. The van der Waals surface area contributed by atoms with Crippen LogP contribution in [0, 0.1) is 0 Å². The number of ether oxygens (including phenoxy) is 1. The molecule has 4 rings (SSSR count). The molecule has 1 saturated heterocycles. The number of aromatic nitrogens is 5. The van der Waals surface area contributed by atoms with E-state index >= 15 is 0 Å². The molecule has 0 aliphatic carbocycles. The number of rotatable bonds is 3. The van der Waals surface area contributed by atoms with E-state index in [2.05, 4.69) is 20.6 Å². The Labute approximate surface area is 168 Å². The van der Waals surface area contributed by atoms with Gasteiger partial charge in [0.05, 0.1) is 44.5 Å². The van der Waals surface area contributed by atoms with Crippen molar-refractivity contribution in [3.63, 3.8) is 0 Å². The molecule has 11 heteroatoms. The first-order valence-corrected chi connectivity index (χ1v) is 9.64. The number of carbonyl (C=O) groups excluding carboxylic acids is 2. The fraction of sp³-hybridized carbons (Fsp3) is 0.611. The zero-order valence-electron chi connectivity index (χ0n) is 17.0. The van der Waals surface area contributed by atoms with Crippen molar-refractivity contribution in [3.05, 3.63) is 29.6 Å². The second-order valence-electron chi connectivity index (χ2n) is 7.89. The molecule has 0 saturated carbocycles. The predicted molar refractivity (Wildman–Crippen MR) is 102 cm³/mol. The number of nitrogens with one attached hydrogen (secondary N) is 1. The fourth-order valence-electron chi connectivity index (χ4n) is 3.89. The number of piperidine rings is 1. The fourth-order valence-corrected chi connectivity index (χ4v) is 3.89. The van der Waals surface area contributed by atoms with Gasteiger partial charge in [-0.15, -0.1) is 5.10 Å². The Morgan fingerprint density at radius 1 is 1.34 bits per heavy atom. The lowest BCUT2D eigenvalue weighted by Gasteiger charge is -2.44. The number of fused-ring (bicyclic) bond motifs is 1. The van der Waals surface area contributed by atoms with Gasteiger partial charge >= 0.3 is 6.03 Å². The largest absolute Gasteiger partial charge is 0.365 e. The van der Waals surface area contributed by atoms with Crippen molar-refractivity contribution in [1.82, 2.24) is 39.7 Å². The minimum Gasteiger partial charge on any atom is -0.365 e. The zero-order chi connectivity index (χ0) is 20.6. The number of hydrogen-bond acceptors (Lipinski definition) is 6. The van der Waals surface area contributed by atoms with Crippen molar-refractivity contribution in [2.24, 2.45) is 7.05 Å². The molecule has 0 aromatic carbocycles. The monoisotopic (exact) mass is 402 g/mol. The maximum Gasteiger partial charge on any atom is 0.317 e. The molecule has 1 unspecified atom stereocenters. The first-order valence-electron chi connectivity index (χ1n) is 9.64. The third-order valence-electron chi connectivity index (χ3n) is 5.55. The maximum absolute atomic E-state index is 12.9. The highest BCUT2D eigenvalue weighted by Crippen LogP contribution is 2.32. The molecule has 4 heterocycles. The number of amides is 3. The van der Waals surface area contributed by atoms with Crippen molar-refractivity contribution in [1.29, 1.82) is 0 Å². The molecule has 11 nitrogen and oxygen atoms in total. The highest BCUT2D eigenvalue weighted by Gasteiger charge is 2.42. The topological polar surface area (TPSA) is 110 Å². The number of hydrogen-bond donors (Lipinski definition) is 1. The third kappa shape index (κ3) is 3.69. The summed E-state index contributed by atoms with van der Waals surface area (Å²) in [5.41, 5.74) is 1.66. The normalized spacial score (nSPS) is 21.1. The Kier molecular flexibility index (Phi) is 4.99. The lowest BCUT2D eigenvalue weighted by molar-refractivity contribution is -0.122. The van der Waals surface area contributed by atoms with E-state index in [0.717, 1.165) is 18.5 Å². The van der Waals surface area contributed by atoms with E-state index in [4.69, 9.17) is 4.74 Å². The standard InChI is InChI=1S/C18H26N8O3/c1-23(2)17(28)20-7-13-15-9-29-18(11-26(15)22-21-13)5-4-6-25(10-18)16(27)14-8-19-12-24(14)3/h8,12H,4-7,9-11H2,1-3H3,(H,20,28). The average molecular weight is 402 g/mol. The molecule has 3 amide bonds. The van der Waals surface area contributed by atoms with Gasteiger partial charge in [-0.05, 0) is 12.8 Å². The van der Waals surface area contributed by atoms with E-state index < -0.39 is 5.60 Å². The average Bonchev–Trinajstić information content (AvgIpc) is 3.31. The second kappa shape index (κ2) is 7.47. The van der Waals surface area contributed by atoms with Gasteiger partial charge in [0.25, 0.3) is 5.91 Å². The van der Waals surface area contributed by atoms with Crippen LogP contribution in [0.25, 0.3) is 0 Å². The summed E-state index contributed by atoms with van der Waals surface area (Å²) in [6.07, 6.45) is 4.94. The van der Waals surface area contributed by atoms with Crippen LogP contribution in [0.2, 0.25) is 0 Å². The quantitative estimate of drug-likeness (QED) is 0.773. The van der Waals surface area contributed by atoms with E-state index in [1.807, 2.05) is 16.6 Å². The molecular weight excluding hydrogens is 376 g/mol. The third-order valence-corrected chi connectivity index (χ3v) is 5.55. The maximum atomic E-state index is 12.9. The van der Waals surface area contributed by atoms with E-state index in [-0.39, 0.29) is 11.9 Å². The molecule has 0 bridgehead atoms.